The average Bonchev–Trinajstić information content (AvgIpc) is 2.43. The minimum Gasteiger partial charge on any atom is -0.440 e. The van der Waals surface area contributed by atoms with E-state index in [2.05, 4.69) is 14.8 Å². The number of ether oxygens (including phenoxy) is 2. The summed E-state index contributed by atoms with van der Waals surface area (Å²) in [4.78, 5) is 22.5. The zero-order chi connectivity index (χ0) is 19.1. The van der Waals surface area contributed by atoms with Crippen LogP contribution in [0.15, 0.2) is 24.3 Å². The van der Waals surface area contributed by atoms with Crippen molar-refractivity contribution in [1.29, 1.82) is 0 Å². The Morgan fingerprint density at radius 2 is 1.76 bits per heavy atom. The van der Waals surface area contributed by atoms with Gasteiger partial charge in [0.25, 0.3) is 0 Å². The molecular formula is C13H12F6N2O4. The molecule has 12 heteroatoms. The number of hydrogen-bond acceptors (Lipinski definition) is 4. The van der Waals surface area contributed by atoms with Crippen LogP contribution in [0.2, 0.25) is 0 Å². The number of rotatable bonds is 6. The molecule has 0 unspecified atom stereocenters. The van der Waals surface area contributed by atoms with Crippen LogP contribution in [0.3, 0.4) is 0 Å². The summed E-state index contributed by atoms with van der Waals surface area (Å²) in [6.45, 7) is -2.10. The van der Waals surface area contributed by atoms with E-state index in [-0.39, 0.29) is 18.7 Å². The first-order valence-corrected chi connectivity index (χ1v) is 6.58. The average molecular weight is 374 g/mol. The normalized spacial score (nSPS) is 11.6. The summed E-state index contributed by atoms with van der Waals surface area (Å²) < 4.78 is 79.1. The number of halogens is 6. The molecule has 25 heavy (non-hydrogen) atoms. The monoisotopic (exact) mass is 374 g/mol. The molecule has 1 aromatic rings. The van der Waals surface area contributed by atoms with Crippen LogP contribution in [-0.4, -0.2) is 37.7 Å². The molecule has 0 aliphatic heterocycles. The van der Waals surface area contributed by atoms with E-state index in [4.69, 9.17) is 0 Å². The number of nitrogens with one attached hydrogen (secondary N) is 2. The maximum Gasteiger partial charge on any atom is 0.573 e. The first-order chi connectivity index (χ1) is 11.4. The fourth-order valence-electron chi connectivity index (χ4n) is 1.47. The minimum atomic E-state index is -4.89. The smallest absolute Gasteiger partial charge is 0.440 e. The van der Waals surface area contributed by atoms with Gasteiger partial charge in [-0.1, -0.05) is 6.07 Å². The van der Waals surface area contributed by atoms with E-state index in [1.54, 1.807) is 0 Å². The predicted molar refractivity (Wildman–Crippen MR) is 71.8 cm³/mol. The lowest BCUT2D eigenvalue weighted by Gasteiger charge is -2.11. The van der Waals surface area contributed by atoms with Crippen LogP contribution in [0.1, 0.15) is 6.42 Å². The van der Waals surface area contributed by atoms with Crippen LogP contribution in [0.4, 0.5) is 36.8 Å². The number of alkyl carbamates (subject to hydrolysis) is 1. The van der Waals surface area contributed by atoms with Gasteiger partial charge in [-0.25, -0.2) is 4.79 Å². The molecule has 2 N–H and O–H groups in total. The molecule has 0 bridgehead atoms. The summed E-state index contributed by atoms with van der Waals surface area (Å²) in [5, 5.41) is 4.16. The summed E-state index contributed by atoms with van der Waals surface area (Å²) in [5.74, 6) is -1.24. The number of amides is 2. The molecule has 0 saturated carbocycles. The molecular weight excluding hydrogens is 362 g/mol. The van der Waals surface area contributed by atoms with Crippen LogP contribution < -0.4 is 15.4 Å². The van der Waals surface area contributed by atoms with Gasteiger partial charge >= 0.3 is 18.6 Å². The van der Waals surface area contributed by atoms with Crippen LogP contribution in [-0.2, 0) is 9.53 Å². The largest absolute Gasteiger partial charge is 0.573 e. The second kappa shape index (κ2) is 8.44. The van der Waals surface area contributed by atoms with E-state index in [0.717, 1.165) is 12.1 Å². The van der Waals surface area contributed by atoms with E-state index in [0.29, 0.717) is 0 Å². The second-order valence-electron chi connectivity index (χ2n) is 4.49. The third kappa shape index (κ3) is 9.94. The number of anilines is 1. The van der Waals surface area contributed by atoms with Crippen molar-refractivity contribution in [2.75, 3.05) is 18.5 Å². The molecule has 1 aromatic carbocycles. The molecule has 0 fully saturated rings. The van der Waals surface area contributed by atoms with Gasteiger partial charge in [-0.05, 0) is 12.1 Å². The molecule has 0 radical (unpaired) electrons. The summed E-state index contributed by atoms with van der Waals surface area (Å²) >= 11 is 0. The van der Waals surface area contributed by atoms with E-state index in [1.807, 2.05) is 5.32 Å². The maximum atomic E-state index is 12.1. The Morgan fingerprint density at radius 1 is 1.08 bits per heavy atom. The molecule has 0 aliphatic rings. The predicted octanol–water partition coefficient (Wildman–Crippen LogP) is 3.20. The SMILES string of the molecule is O=C(CCNC(=O)OCC(F)(F)F)Nc1cccc(OC(F)(F)F)c1. The summed E-state index contributed by atoms with van der Waals surface area (Å²) in [5.41, 5.74) is 0.00592. The molecule has 6 nitrogen and oxygen atoms in total. The van der Waals surface area contributed by atoms with Crippen molar-refractivity contribution < 1.29 is 45.4 Å². The van der Waals surface area contributed by atoms with E-state index >= 15 is 0 Å². The van der Waals surface area contributed by atoms with Crippen LogP contribution in [0, 0.1) is 0 Å². The van der Waals surface area contributed by atoms with Gasteiger partial charge in [-0.15, -0.1) is 13.2 Å². The fourth-order valence-corrected chi connectivity index (χ4v) is 1.47. The highest BCUT2D eigenvalue weighted by molar-refractivity contribution is 5.91. The molecule has 2 amide bonds. The van der Waals surface area contributed by atoms with Crippen molar-refractivity contribution in [2.24, 2.45) is 0 Å². The Kier molecular flexibility index (Phi) is 6.88. The standard InChI is InChI=1S/C13H12F6N2O4/c14-12(15,16)7-24-11(23)20-5-4-10(22)21-8-2-1-3-9(6-8)25-13(17,18)19/h1-3,6H,4-5,7H2,(H,20,23)(H,21,22). The Balaban J connectivity index is 2.37. The van der Waals surface area contributed by atoms with Crippen molar-refractivity contribution >= 4 is 17.7 Å². The van der Waals surface area contributed by atoms with Crippen molar-refractivity contribution in [3.8, 4) is 5.75 Å². The van der Waals surface area contributed by atoms with Crippen molar-refractivity contribution in [3.05, 3.63) is 24.3 Å². The Hall–Kier alpha value is -2.66. The Labute approximate surface area is 137 Å². The number of alkyl halides is 6. The molecule has 0 spiro atoms. The minimum absolute atomic E-state index is 0.00592. The molecule has 0 aromatic heterocycles. The van der Waals surface area contributed by atoms with Gasteiger partial charge in [0.15, 0.2) is 6.61 Å². The van der Waals surface area contributed by atoms with Gasteiger partial charge in [0.1, 0.15) is 5.75 Å². The zero-order valence-electron chi connectivity index (χ0n) is 12.3. The van der Waals surface area contributed by atoms with Gasteiger partial charge in [0.2, 0.25) is 5.91 Å². The number of carbonyl (C=O) groups is 2. The molecule has 140 valence electrons. The molecule has 0 saturated heterocycles. The molecule has 0 atom stereocenters. The number of benzene rings is 1. The van der Waals surface area contributed by atoms with Gasteiger partial charge in [0.05, 0.1) is 0 Å². The van der Waals surface area contributed by atoms with E-state index in [9.17, 15) is 35.9 Å². The maximum absolute atomic E-state index is 12.1. The summed E-state index contributed by atoms with van der Waals surface area (Å²) in [7, 11) is 0. The number of hydrogen-bond donors (Lipinski definition) is 2. The van der Waals surface area contributed by atoms with Crippen LogP contribution >= 0.6 is 0 Å². The lowest BCUT2D eigenvalue weighted by Crippen LogP contribution is -2.31. The Morgan fingerprint density at radius 3 is 2.36 bits per heavy atom. The topological polar surface area (TPSA) is 76.7 Å². The van der Waals surface area contributed by atoms with Crippen molar-refractivity contribution in [1.82, 2.24) is 5.32 Å². The van der Waals surface area contributed by atoms with Gasteiger partial charge in [-0.3, -0.25) is 4.79 Å². The van der Waals surface area contributed by atoms with Gasteiger partial charge < -0.3 is 20.1 Å². The highest BCUT2D eigenvalue weighted by Crippen LogP contribution is 2.25. The highest BCUT2D eigenvalue weighted by atomic mass is 19.4. The van der Waals surface area contributed by atoms with Crippen LogP contribution in [0.25, 0.3) is 0 Å². The molecule has 0 aliphatic carbocycles. The van der Waals surface area contributed by atoms with E-state index in [1.165, 1.54) is 12.1 Å². The second-order valence-corrected chi connectivity index (χ2v) is 4.49. The first-order valence-electron chi connectivity index (χ1n) is 6.58. The first kappa shape index (κ1) is 20.4. The highest BCUT2D eigenvalue weighted by Gasteiger charge is 2.31. The lowest BCUT2D eigenvalue weighted by atomic mass is 10.3. The van der Waals surface area contributed by atoms with Crippen LogP contribution in [0.5, 0.6) is 5.75 Å². The van der Waals surface area contributed by atoms with Gasteiger partial charge in [0, 0.05) is 24.7 Å². The zero-order valence-corrected chi connectivity index (χ0v) is 12.3. The van der Waals surface area contributed by atoms with Crippen molar-refractivity contribution in [3.63, 3.8) is 0 Å². The summed E-state index contributed by atoms with van der Waals surface area (Å²) in [6.07, 6.45) is -11.3. The fraction of sp³-hybridized carbons (Fsp3) is 0.385. The molecule has 1 rings (SSSR count). The third-order valence-electron chi connectivity index (χ3n) is 2.34. The third-order valence-corrected chi connectivity index (χ3v) is 2.34. The van der Waals surface area contributed by atoms with Crippen molar-refractivity contribution in [2.45, 2.75) is 19.0 Å². The van der Waals surface area contributed by atoms with E-state index < -0.39 is 36.9 Å². The lowest BCUT2D eigenvalue weighted by molar-refractivity contribution is -0.274. The quantitative estimate of drug-likeness (QED) is 0.750. The molecule has 0 heterocycles. The van der Waals surface area contributed by atoms with Gasteiger partial charge in [-0.2, -0.15) is 13.2 Å². The number of carbonyl (C=O) groups excluding carboxylic acids is 2. The summed E-state index contributed by atoms with van der Waals surface area (Å²) in [6, 6.07) is 4.47. The Bertz CT molecular complexity index is 603.